The maximum absolute atomic E-state index is 4.38. The molecule has 1 aliphatic carbocycles. The Bertz CT molecular complexity index is 1210. The fourth-order valence-electron chi connectivity index (χ4n) is 7.34. The van der Waals surface area contributed by atoms with Gasteiger partial charge in [0, 0.05) is 12.1 Å². The summed E-state index contributed by atoms with van der Waals surface area (Å²) in [7, 11) is -0.440. The normalized spacial score (nSPS) is 22.3. The topological polar surface area (TPSA) is 24.1 Å². The van der Waals surface area contributed by atoms with Crippen molar-refractivity contribution in [1.29, 1.82) is 0 Å². The van der Waals surface area contributed by atoms with Gasteiger partial charge in [-0.2, -0.15) is 0 Å². The number of hydrogen-bond acceptors (Lipinski definition) is 2. The molecule has 1 aliphatic heterocycles. The molecule has 1 heterocycles. The monoisotopic (exact) mass is 532 g/mol. The van der Waals surface area contributed by atoms with Crippen LogP contribution in [0.4, 0.5) is 0 Å². The summed E-state index contributed by atoms with van der Waals surface area (Å²) in [6, 6.07) is 45.8. The molecule has 0 amide bonds. The number of hydrogen-bond donors (Lipinski definition) is 2. The quantitative estimate of drug-likeness (QED) is 0.228. The Labute approximate surface area is 236 Å². The van der Waals surface area contributed by atoms with Crippen LogP contribution in [-0.4, -0.2) is 24.3 Å². The average molecular weight is 533 g/mol. The predicted octanol–water partition coefficient (Wildman–Crippen LogP) is 6.96. The summed E-state index contributed by atoms with van der Waals surface area (Å²) in [5.74, 6) is 0.615. The van der Waals surface area contributed by atoms with E-state index in [0.29, 0.717) is 23.7 Å². The van der Waals surface area contributed by atoms with Crippen LogP contribution in [0.1, 0.15) is 50.2 Å². The van der Waals surface area contributed by atoms with Gasteiger partial charge in [-0.3, -0.25) is 5.32 Å². The fraction of sp³-hybridized carbons (Fsp3) is 0.333. The third-order valence-corrected chi connectivity index (χ3v) is 12.1. The Kier molecular flexibility index (Phi) is 8.26. The van der Waals surface area contributed by atoms with E-state index >= 15 is 0 Å². The summed E-state index contributed by atoms with van der Waals surface area (Å²) in [6.45, 7) is 3.56. The van der Waals surface area contributed by atoms with E-state index in [-0.39, 0.29) is 5.54 Å². The lowest BCUT2D eigenvalue weighted by molar-refractivity contribution is 0.239. The van der Waals surface area contributed by atoms with Crippen molar-refractivity contribution in [3.63, 3.8) is 0 Å². The van der Waals surface area contributed by atoms with Gasteiger partial charge in [0.2, 0.25) is 0 Å². The number of benzene rings is 4. The molecule has 2 nitrogen and oxygen atoms in total. The van der Waals surface area contributed by atoms with Crippen LogP contribution in [0, 0.1) is 5.92 Å². The van der Waals surface area contributed by atoms with Crippen LogP contribution in [-0.2, 0) is 5.54 Å². The first-order valence-corrected chi connectivity index (χ1v) is 16.2. The lowest BCUT2D eigenvalue weighted by Crippen LogP contribution is -2.60. The molecule has 0 spiro atoms. The van der Waals surface area contributed by atoms with Gasteiger partial charge < -0.3 is 5.32 Å². The highest BCUT2D eigenvalue weighted by Crippen LogP contribution is 2.51. The maximum Gasteiger partial charge on any atom is 0.0848 e. The second-order valence-corrected chi connectivity index (χ2v) is 13.8. The van der Waals surface area contributed by atoms with Gasteiger partial charge in [0.05, 0.1) is 5.54 Å². The molecule has 4 aromatic carbocycles. The van der Waals surface area contributed by atoms with Crippen LogP contribution in [0.25, 0.3) is 0 Å². The summed E-state index contributed by atoms with van der Waals surface area (Å²) in [6.07, 6.45) is 6.30. The molecule has 4 aromatic rings. The van der Waals surface area contributed by atoms with Crippen molar-refractivity contribution >= 4 is 18.5 Å². The molecule has 3 heteroatoms. The van der Waals surface area contributed by atoms with Crippen molar-refractivity contribution in [3.05, 3.63) is 132 Å². The van der Waals surface area contributed by atoms with Crippen LogP contribution < -0.4 is 21.2 Å². The minimum atomic E-state index is -0.440. The SMILES string of the molecule is C[C@@H](NC(c1ccccc1)(c1ccccc1)C1CCCN1)C1CCCC1P(c1ccccc1)c1ccccc1. The third-order valence-electron chi connectivity index (χ3n) is 9.07. The molecular formula is C36H41N2P. The van der Waals surface area contributed by atoms with Gasteiger partial charge in [0.1, 0.15) is 0 Å². The van der Waals surface area contributed by atoms with E-state index in [1.54, 1.807) is 0 Å². The van der Waals surface area contributed by atoms with Gasteiger partial charge >= 0.3 is 0 Å². The minimum Gasteiger partial charge on any atom is -0.311 e. The summed E-state index contributed by atoms with van der Waals surface area (Å²) >= 11 is 0. The molecule has 6 rings (SSSR count). The molecule has 2 aliphatic rings. The van der Waals surface area contributed by atoms with E-state index < -0.39 is 7.92 Å². The summed E-state index contributed by atoms with van der Waals surface area (Å²) in [4.78, 5) is 0. The van der Waals surface area contributed by atoms with Crippen LogP contribution in [0.3, 0.4) is 0 Å². The summed E-state index contributed by atoms with van der Waals surface area (Å²) in [5, 5.41) is 11.3. The summed E-state index contributed by atoms with van der Waals surface area (Å²) < 4.78 is 0. The fourth-order valence-corrected chi connectivity index (χ4v) is 10.6. The van der Waals surface area contributed by atoms with Crippen molar-refractivity contribution in [2.75, 3.05) is 6.54 Å². The van der Waals surface area contributed by atoms with Gasteiger partial charge in [0.15, 0.2) is 0 Å². The Hall–Kier alpha value is -2.77. The highest BCUT2D eigenvalue weighted by atomic mass is 31.1. The zero-order chi connectivity index (χ0) is 26.5. The van der Waals surface area contributed by atoms with Crippen LogP contribution >= 0.6 is 7.92 Å². The van der Waals surface area contributed by atoms with E-state index in [1.165, 1.54) is 53.8 Å². The first kappa shape index (κ1) is 26.5. The third kappa shape index (κ3) is 5.36. The summed E-state index contributed by atoms with van der Waals surface area (Å²) in [5.41, 5.74) is 3.12. The van der Waals surface area contributed by atoms with Crippen molar-refractivity contribution in [3.8, 4) is 0 Å². The van der Waals surface area contributed by atoms with E-state index in [4.69, 9.17) is 0 Å². The molecule has 3 unspecified atom stereocenters. The molecule has 39 heavy (non-hydrogen) atoms. The molecule has 0 bridgehead atoms. The van der Waals surface area contributed by atoms with E-state index in [0.717, 1.165) is 6.54 Å². The number of nitrogens with one attached hydrogen (secondary N) is 2. The van der Waals surface area contributed by atoms with E-state index in [9.17, 15) is 0 Å². The average Bonchev–Trinajstić information content (AvgIpc) is 3.72. The molecule has 2 fully saturated rings. The largest absolute Gasteiger partial charge is 0.311 e. The molecule has 0 radical (unpaired) electrons. The highest BCUT2D eigenvalue weighted by Gasteiger charge is 2.47. The van der Waals surface area contributed by atoms with Crippen LogP contribution in [0.15, 0.2) is 121 Å². The van der Waals surface area contributed by atoms with Gasteiger partial charge in [-0.05, 0) is 80.4 Å². The number of rotatable bonds is 9. The first-order chi connectivity index (χ1) is 19.3. The van der Waals surface area contributed by atoms with Gasteiger partial charge in [-0.25, -0.2) is 0 Å². The minimum absolute atomic E-state index is 0.270. The Morgan fingerprint density at radius 3 is 1.67 bits per heavy atom. The molecule has 1 saturated carbocycles. The van der Waals surface area contributed by atoms with Crippen molar-refractivity contribution < 1.29 is 0 Å². The van der Waals surface area contributed by atoms with Crippen molar-refractivity contribution in [1.82, 2.24) is 10.6 Å². The molecule has 200 valence electrons. The van der Waals surface area contributed by atoms with Gasteiger partial charge in [0.25, 0.3) is 0 Å². The maximum atomic E-state index is 4.38. The Morgan fingerprint density at radius 2 is 1.18 bits per heavy atom. The Balaban J connectivity index is 1.40. The second-order valence-electron chi connectivity index (χ2n) is 11.3. The van der Waals surface area contributed by atoms with Crippen LogP contribution in [0.2, 0.25) is 0 Å². The Morgan fingerprint density at radius 1 is 0.667 bits per heavy atom. The molecular weight excluding hydrogens is 491 g/mol. The zero-order valence-corrected chi connectivity index (χ0v) is 23.9. The van der Waals surface area contributed by atoms with Crippen molar-refractivity contribution in [2.45, 2.75) is 62.3 Å². The molecule has 2 N–H and O–H groups in total. The van der Waals surface area contributed by atoms with E-state index in [1.807, 2.05) is 0 Å². The van der Waals surface area contributed by atoms with E-state index in [2.05, 4.69) is 139 Å². The predicted molar refractivity (Wildman–Crippen MR) is 167 cm³/mol. The molecule has 1 saturated heterocycles. The lowest BCUT2D eigenvalue weighted by atomic mass is 9.75. The smallest absolute Gasteiger partial charge is 0.0848 e. The second kappa shape index (κ2) is 12.2. The molecule has 0 aromatic heterocycles. The van der Waals surface area contributed by atoms with Gasteiger partial charge in [-0.1, -0.05) is 128 Å². The highest BCUT2D eigenvalue weighted by molar-refractivity contribution is 7.73. The lowest BCUT2D eigenvalue weighted by Gasteiger charge is -2.46. The molecule has 4 atom stereocenters. The first-order valence-electron chi connectivity index (χ1n) is 14.8. The van der Waals surface area contributed by atoms with Crippen molar-refractivity contribution in [2.24, 2.45) is 5.92 Å². The van der Waals surface area contributed by atoms with Gasteiger partial charge in [-0.15, -0.1) is 0 Å². The van der Waals surface area contributed by atoms with Crippen LogP contribution in [0.5, 0.6) is 0 Å². The zero-order valence-electron chi connectivity index (χ0n) is 23.0. The standard InChI is InChI=1S/C36H41N2P/c1-28(33-24-14-25-34(33)39(31-20-10-4-11-21-31)32-22-12-5-13-23-32)38-36(35-26-15-27-37-35,29-16-6-2-7-17-29)30-18-8-3-9-19-30/h2-13,16-23,28,33-35,37-38H,14-15,24-27H2,1H3/t28-,33?,34?,35?/m1/s1.